The second-order valence-electron chi connectivity index (χ2n) is 8.50. The molecule has 3 heteroatoms. The number of ketones is 2. The van der Waals surface area contributed by atoms with E-state index >= 15 is 0 Å². The van der Waals surface area contributed by atoms with Gasteiger partial charge in [0.05, 0.1) is 0 Å². The summed E-state index contributed by atoms with van der Waals surface area (Å²) in [6.07, 6.45) is 2.87. The van der Waals surface area contributed by atoms with E-state index in [1.54, 1.807) is 12.1 Å². The maximum absolute atomic E-state index is 12.9. The number of hydrogen-bond donors (Lipinski definition) is 1. The van der Waals surface area contributed by atoms with Crippen LogP contribution in [0.3, 0.4) is 0 Å². The minimum Gasteiger partial charge on any atom is -0.508 e. The Balaban J connectivity index is 2.28. The van der Waals surface area contributed by atoms with Gasteiger partial charge >= 0.3 is 0 Å². The van der Waals surface area contributed by atoms with Crippen molar-refractivity contribution >= 4 is 11.6 Å². The third-order valence-electron chi connectivity index (χ3n) is 6.07. The SMILES string of the molecule is CC(C)c1cc2c(cc1O)[C@@]1(C)CCCC(C)(C)C1C(=O)C2=O. The number of fused-ring (bicyclic) bond motifs is 3. The van der Waals surface area contributed by atoms with Crippen LogP contribution in [0.25, 0.3) is 0 Å². The first kappa shape index (κ1) is 16.2. The van der Waals surface area contributed by atoms with E-state index in [4.69, 9.17) is 0 Å². The zero-order valence-corrected chi connectivity index (χ0v) is 14.7. The summed E-state index contributed by atoms with van der Waals surface area (Å²) in [5.41, 5.74) is 1.55. The number of aromatic hydroxyl groups is 1. The smallest absolute Gasteiger partial charge is 0.229 e. The molecule has 0 spiro atoms. The minimum atomic E-state index is -0.376. The van der Waals surface area contributed by atoms with E-state index in [0.717, 1.165) is 30.4 Å². The molecular weight excluding hydrogens is 288 g/mol. The highest BCUT2D eigenvalue weighted by atomic mass is 16.3. The van der Waals surface area contributed by atoms with E-state index in [2.05, 4.69) is 20.8 Å². The standard InChI is InChI=1S/C20H26O3/c1-11(2)12-9-13-14(10-15(12)21)20(5)8-6-7-19(3,4)18(20)17(23)16(13)22/h9-11,18,21H,6-8H2,1-5H3/t18?,20-/m1/s1. The number of rotatable bonds is 1. The molecule has 0 aliphatic heterocycles. The predicted octanol–water partition coefficient (Wildman–Crippen LogP) is 4.37. The van der Waals surface area contributed by atoms with Gasteiger partial charge in [-0.3, -0.25) is 9.59 Å². The Morgan fingerprint density at radius 3 is 2.39 bits per heavy atom. The van der Waals surface area contributed by atoms with E-state index in [1.165, 1.54) is 0 Å². The fourth-order valence-electron chi connectivity index (χ4n) is 4.99. The molecule has 2 atom stereocenters. The van der Waals surface area contributed by atoms with Crippen molar-refractivity contribution in [2.75, 3.05) is 0 Å². The number of phenols is 1. The molecule has 0 aromatic heterocycles. The summed E-state index contributed by atoms with van der Waals surface area (Å²) in [4.78, 5) is 25.7. The molecule has 1 unspecified atom stereocenters. The normalized spacial score (nSPS) is 29.4. The molecule has 1 aromatic rings. The topological polar surface area (TPSA) is 54.4 Å². The zero-order chi connectivity index (χ0) is 17.2. The molecule has 1 N–H and O–H groups in total. The molecule has 124 valence electrons. The van der Waals surface area contributed by atoms with Crippen molar-refractivity contribution in [2.45, 2.75) is 65.2 Å². The van der Waals surface area contributed by atoms with Gasteiger partial charge in [-0.05, 0) is 47.4 Å². The van der Waals surface area contributed by atoms with Crippen LogP contribution in [0.2, 0.25) is 0 Å². The summed E-state index contributed by atoms with van der Waals surface area (Å²) >= 11 is 0. The van der Waals surface area contributed by atoms with Crippen LogP contribution >= 0.6 is 0 Å². The predicted molar refractivity (Wildman–Crippen MR) is 90.0 cm³/mol. The maximum Gasteiger partial charge on any atom is 0.229 e. The van der Waals surface area contributed by atoms with Gasteiger partial charge in [0.25, 0.3) is 0 Å². The van der Waals surface area contributed by atoms with Crippen molar-refractivity contribution < 1.29 is 14.7 Å². The fraction of sp³-hybridized carbons (Fsp3) is 0.600. The molecule has 23 heavy (non-hydrogen) atoms. The Labute approximate surface area is 138 Å². The second kappa shape index (κ2) is 4.93. The first-order valence-electron chi connectivity index (χ1n) is 8.55. The summed E-state index contributed by atoms with van der Waals surface area (Å²) in [5, 5.41) is 10.4. The van der Waals surface area contributed by atoms with E-state index < -0.39 is 0 Å². The third kappa shape index (κ3) is 2.16. The van der Waals surface area contributed by atoms with Gasteiger partial charge in [-0.2, -0.15) is 0 Å². The first-order chi connectivity index (χ1) is 10.6. The average Bonchev–Trinajstić information content (AvgIpc) is 2.43. The number of Topliss-reactive ketones (excluding diaryl/α,β-unsaturated/α-hetero) is 2. The molecule has 0 amide bonds. The van der Waals surface area contributed by atoms with Gasteiger partial charge in [0, 0.05) is 16.9 Å². The van der Waals surface area contributed by atoms with E-state index in [9.17, 15) is 14.7 Å². The van der Waals surface area contributed by atoms with Crippen molar-refractivity contribution in [3.05, 3.63) is 28.8 Å². The average molecular weight is 314 g/mol. The molecule has 2 aliphatic rings. The number of benzene rings is 1. The van der Waals surface area contributed by atoms with Crippen molar-refractivity contribution in [1.82, 2.24) is 0 Å². The highest BCUT2D eigenvalue weighted by molar-refractivity contribution is 6.46. The number of carbonyl (C=O) groups is 2. The molecule has 1 saturated carbocycles. The minimum absolute atomic E-state index is 0.108. The Morgan fingerprint density at radius 1 is 1.13 bits per heavy atom. The van der Waals surface area contributed by atoms with Crippen LogP contribution in [-0.4, -0.2) is 16.7 Å². The number of hydrogen-bond acceptors (Lipinski definition) is 3. The van der Waals surface area contributed by atoms with Crippen molar-refractivity contribution in [1.29, 1.82) is 0 Å². The maximum atomic E-state index is 12.9. The van der Waals surface area contributed by atoms with Crippen LogP contribution < -0.4 is 0 Å². The summed E-state index contributed by atoms with van der Waals surface area (Å²) in [7, 11) is 0. The lowest BCUT2D eigenvalue weighted by Gasteiger charge is -2.52. The van der Waals surface area contributed by atoms with Gasteiger partial charge in [-0.25, -0.2) is 0 Å². The van der Waals surface area contributed by atoms with Gasteiger partial charge in [0.2, 0.25) is 11.6 Å². The fourth-order valence-corrected chi connectivity index (χ4v) is 4.99. The third-order valence-corrected chi connectivity index (χ3v) is 6.07. The summed E-state index contributed by atoms with van der Waals surface area (Å²) in [6, 6.07) is 3.50. The number of carbonyl (C=O) groups excluding carboxylic acids is 2. The monoisotopic (exact) mass is 314 g/mol. The summed E-state index contributed by atoms with van der Waals surface area (Å²) in [6.45, 7) is 10.2. The van der Waals surface area contributed by atoms with Crippen LogP contribution in [0, 0.1) is 11.3 Å². The molecule has 0 bridgehead atoms. The Kier molecular flexibility index (Phi) is 3.48. The molecular formula is C20H26O3. The Bertz CT molecular complexity index is 699. The van der Waals surface area contributed by atoms with Gasteiger partial charge in [-0.1, -0.05) is 41.0 Å². The Morgan fingerprint density at radius 2 is 1.78 bits per heavy atom. The highest BCUT2D eigenvalue weighted by Gasteiger charge is 2.56. The van der Waals surface area contributed by atoms with Crippen LogP contribution in [0.15, 0.2) is 12.1 Å². The van der Waals surface area contributed by atoms with Crippen LogP contribution in [0.4, 0.5) is 0 Å². The lowest BCUT2D eigenvalue weighted by atomic mass is 9.49. The highest BCUT2D eigenvalue weighted by Crippen LogP contribution is 2.56. The lowest BCUT2D eigenvalue weighted by molar-refractivity contribution is -0.128. The van der Waals surface area contributed by atoms with Crippen molar-refractivity contribution in [2.24, 2.45) is 11.3 Å². The molecule has 2 aliphatic carbocycles. The lowest BCUT2D eigenvalue weighted by Crippen LogP contribution is -2.54. The van der Waals surface area contributed by atoms with Crippen LogP contribution in [0.1, 0.15) is 81.3 Å². The van der Waals surface area contributed by atoms with Gasteiger partial charge in [0.1, 0.15) is 5.75 Å². The second-order valence-corrected chi connectivity index (χ2v) is 8.50. The largest absolute Gasteiger partial charge is 0.508 e. The first-order valence-corrected chi connectivity index (χ1v) is 8.55. The number of phenolic OH excluding ortho intramolecular Hbond substituents is 1. The summed E-state index contributed by atoms with van der Waals surface area (Å²) < 4.78 is 0. The molecule has 1 fully saturated rings. The molecule has 1 aromatic carbocycles. The van der Waals surface area contributed by atoms with Crippen LogP contribution in [-0.2, 0) is 10.2 Å². The Hall–Kier alpha value is -1.64. The summed E-state index contributed by atoms with van der Waals surface area (Å²) in [5.74, 6) is -0.571. The molecule has 3 nitrogen and oxygen atoms in total. The van der Waals surface area contributed by atoms with Crippen LogP contribution in [0.5, 0.6) is 5.75 Å². The molecule has 0 saturated heterocycles. The van der Waals surface area contributed by atoms with E-state index in [-0.39, 0.29) is 40.0 Å². The van der Waals surface area contributed by atoms with Gasteiger partial charge < -0.3 is 5.11 Å². The van der Waals surface area contributed by atoms with E-state index in [1.807, 2.05) is 13.8 Å². The van der Waals surface area contributed by atoms with Gasteiger partial charge in [-0.15, -0.1) is 0 Å². The van der Waals surface area contributed by atoms with Crippen molar-refractivity contribution in [3.63, 3.8) is 0 Å². The zero-order valence-electron chi connectivity index (χ0n) is 14.7. The molecule has 0 heterocycles. The van der Waals surface area contributed by atoms with Gasteiger partial charge in [0.15, 0.2) is 0 Å². The van der Waals surface area contributed by atoms with Crippen molar-refractivity contribution in [3.8, 4) is 5.75 Å². The van der Waals surface area contributed by atoms with E-state index in [0.29, 0.717) is 5.56 Å². The molecule has 0 radical (unpaired) electrons. The quantitative estimate of drug-likeness (QED) is 0.783. The molecule has 3 rings (SSSR count).